The van der Waals surface area contributed by atoms with Gasteiger partial charge in [-0.2, -0.15) is 0 Å². The van der Waals surface area contributed by atoms with Crippen LogP contribution in [0.3, 0.4) is 0 Å². The van der Waals surface area contributed by atoms with Crippen LogP contribution in [0, 0.1) is 5.92 Å². The highest BCUT2D eigenvalue weighted by molar-refractivity contribution is 5.93. The van der Waals surface area contributed by atoms with Gasteiger partial charge >= 0.3 is 0 Å². The van der Waals surface area contributed by atoms with E-state index < -0.39 is 0 Å². The molecule has 0 aliphatic heterocycles. The molecule has 110 valence electrons. The average molecular weight is 282 g/mol. The molecule has 3 nitrogen and oxygen atoms in total. The SMILES string of the molecule is CCc1ccccc1NC(=O)C(C)C(N)c1ccccc1. The van der Waals surface area contributed by atoms with Crippen molar-refractivity contribution in [2.24, 2.45) is 11.7 Å². The van der Waals surface area contributed by atoms with E-state index in [1.807, 2.05) is 61.5 Å². The normalized spacial score (nSPS) is 13.5. The Hall–Kier alpha value is -2.13. The molecule has 2 rings (SSSR count). The molecule has 21 heavy (non-hydrogen) atoms. The number of aryl methyl sites for hydroxylation is 1. The van der Waals surface area contributed by atoms with Crippen LogP contribution in [0.2, 0.25) is 0 Å². The van der Waals surface area contributed by atoms with Gasteiger partial charge in [-0.1, -0.05) is 62.4 Å². The van der Waals surface area contributed by atoms with Crippen molar-refractivity contribution in [1.29, 1.82) is 0 Å². The van der Waals surface area contributed by atoms with E-state index in [0.717, 1.165) is 23.2 Å². The van der Waals surface area contributed by atoms with Gasteiger partial charge in [-0.15, -0.1) is 0 Å². The molecule has 0 aliphatic carbocycles. The number of nitrogens with two attached hydrogens (primary N) is 1. The standard InChI is InChI=1S/C18H22N2O/c1-3-14-9-7-8-12-16(14)20-18(21)13(2)17(19)15-10-5-4-6-11-15/h4-13,17H,3,19H2,1-2H3,(H,20,21). The number of anilines is 1. The molecular weight excluding hydrogens is 260 g/mol. The third-order valence-corrected chi connectivity index (χ3v) is 3.79. The number of nitrogens with one attached hydrogen (secondary N) is 1. The fourth-order valence-corrected chi connectivity index (χ4v) is 2.32. The van der Waals surface area contributed by atoms with Crippen molar-refractivity contribution >= 4 is 11.6 Å². The van der Waals surface area contributed by atoms with Crippen molar-refractivity contribution in [3.05, 3.63) is 65.7 Å². The number of rotatable bonds is 5. The Morgan fingerprint density at radius 3 is 2.38 bits per heavy atom. The van der Waals surface area contributed by atoms with Crippen LogP contribution in [-0.4, -0.2) is 5.91 Å². The topological polar surface area (TPSA) is 55.1 Å². The Balaban J connectivity index is 2.09. The largest absolute Gasteiger partial charge is 0.326 e. The van der Waals surface area contributed by atoms with Gasteiger partial charge in [0.25, 0.3) is 0 Å². The van der Waals surface area contributed by atoms with Crippen LogP contribution in [0.1, 0.15) is 31.0 Å². The molecule has 0 heterocycles. The van der Waals surface area contributed by atoms with Crippen LogP contribution in [-0.2, 0) is 11.2 Å². The molecule has 0 saturated heterocycles. The molecule has 0 saturated carbocycles. The third-order valence-electron chi connectivity index (χ3n) is 3.79. The summed E-state index contributed by atoms with van der Waals surface area (Å²) in [6.07, 6.45) is 0.884. The van der Waals surface area contributed by atoms with E-state index >= 15 is 0 Å². The monoisotopic (exact) mass is 282 g/mol. The summed E-state index contributed by atoms with van der Waals surface area (Å²) in [5, 5.41) is 2.99. The van der Waals surface area contributed by atoms with E-state index in [2.05, 4.69) is 12.2 Å². The van der Waals surface area contributed by atoms with E-state index in [0.29, 0.717) is 0 Å². The van der Waals surface area contributed by atoms with E-state index in [1.54, 1.807) is 0 Å². The Morgan fingerprint density at radius 1 is 1.10 bits per heavy atom. The van der Waals surface area contributed by atoms with Crippen molar-refractivity contribution in [3.63, 3.8) is 0 Å². The van der Waals surface area contributed by atoms with Gasteiger partial charge in [-0.3, -0.25) is 4.79 Å². The van der Waals surface area contributed by atoms with Gasteiger partial charge in [-0.05, 0) is 23.6 Å². The molecule has 2 unspecified atom stereocenters. The number of carbonyl (C=O) groups is 1. The molecule has 0 aliphatic rings. The number of hydrogen-bond donors (Lipinski definition) is 2. The molecule has 2 atom stereocenters. The Labute approximate surface area is 126 Å². The van der Waals surface area contributed by atoms with Gasteiger partial charge in [0, 0.05) is 11.7 Å². The summed E-state index contributed by atoms with van der Waals surface area (Å²) in [7, 11) is 0. The molecule has 0 aromatic heterocycles. The van der Waals surface area contributed by atoms with Crippen molar-refractivity contribution in [2.75, 3.05) is 5.32 Å². The first-order valence-electron chi connectivity index (χ1n) is 7.32. The zero-order valence-corrected chi connectivity index (χ0v) is 12.5. The zero-order chi connectivity index (χ0) is 15.2. The number of carbonyl (C=O) groups excluding carboxylic acids is 1. The second-order valence-electron chi connectivity index (χ2n) is 5.23. The third kappa shape index (κ3) is 3.70. The number of para-hydroxylation sites is 1. The van der Waals surface area contributed by atoms with Crippen molar-refractivity contribution in [1.82, 2.24) is 0 Å². The summed E-state index contributed by atoms with van der Waals surface area (Å²) in [6.45, 7) is 3.94. The lowest BCUT2D eigenvalue weighted by molar-refractivity contribution is -0.120. The number of hydrogen-bond acceptors (Lipinski definition) is 2. The van der Waals surface area contributed by atoms with Crippen LogP contribution < -0.4 is 11.1 Å². The van der Waals surface area contributed by atoms with E-state index in [-0.39, 0.29) is 17.9 Å². The lowest BCUT2D eigenvalue weighted by Crippen LogP contribution is -2.30. The van der Waals surface area contributed by atoms with Crippen molar-refractivity contribution in [2.45, 2.75) is 26.3 Å². The molecule has 0 fully saturated rings. The molecule has 0 bridgehead atoms. The summed E-state index contributed by atoms with van der Waals surface area (Å²) in [5.41, 5.74) is 9.18. The Morgan fingerprint density at radius 2 is 1.71 bits per heavy atom. The van der Waals surface area contributed by atoms with Crippen molar-refractivity contribution in [3.8, 4) is 0 Å². The first kappa shape index (κ1) is 15.3. The Kier molecular flexibility index (Phi) is 5.12. The maximum atomic E-state index is 12.4. The van der Waals surface area contributed by atoms with Crippen LogP contribution in [0.5, 0.6) is 0 Å². The minimum Gasteiger partial charge on any atom is -0.326 e. The van der Waals surface area contributed by atoms with Crippen LogP contribution in [0.15, 0.2) is 54.6 Å². The predicted molar refractivity (Wildman–Crippen MR) is 87.0 cm³/mol. The van der Waals surface area contributed by atoms with Gasteiger partial charge in [0.15, 0.2) is 0 Å². The van der Waals surface area contributed by atoms with Crippen molar-refractivity contribution < 1.29 is 4.79 Å². The molecule has 2 aromatic rings. The minimum absolute atomic E-state index is 0.0488. The first-order chi connectivity index (χ1) is 10.1. The maximum Gasteiger partial charge on any atom is 0.229 e. The first-order valence-corrected chi connectivity index (χ1v) is 7.32. The fourth-order valence-electron chi connectivity index (χ4n) is 2.32. The Bertz CT molecular complexity index is 595. The fraction of sp³-hybridized carbons (Fsp3) is 0.278. The lowest BCUT2D eigenvalue weighted by Gasteiger charge is -2.20. The van der Waals surface area contributed by atoms with E-state index in [4.69, 9.17) is 5.73 Å². The molecule has 3 heteroatoms. The van der Waals surface area contributed by atoms with Gasteiger partial charge in [-0.25, -0.2) is 0 Å². The smallest absolute Gasteiger partial charge is 0.229 e. The minimum atomic E-state index is -0.306. The van der Waals surface area contributed by atoms with Crippen LogP contribution in [0.25, 0.3) is 0 Å². The van der Waals surface area contributed by atoms with Gasteiger partial charge in [0.05, 0.1) is 5.92 Å². The second kappa shape index (κ2) is 7.04. The highest BCUT2D eigenvalue weighted by Gasteiger charge is 2.22. The van der Waals surface area contributed by atoms with Gasteiger partial charge in [0.2, 0.25) is 5.91 Å². The number of benzene rings is 2. The highest BCUT2D eigenvalue weighted by Crippen LogP contribution is 2.22. The molecule has 0 radical (unpaired) electrons. The summed E-state index contributed by atoms with van der Waals surface area (Å²) < 4.78 is 0. The zero-order valence-electron chi connectivity index (χ0n) is 12.5. The van der Waals surface area contributed by atoms with Crippen LogP contribution in [0.4, 0.5) is 5.69 Å². The molecule has 2 aromatic carbocycles. The summed E-state index contributed by atoms with van der Waals surface area (Å²) in [4.78, 5) is 12.4. The second-order valence-corrected chi connectivity index (χ2v) is 5.23. The summed E-state index contributed by atoms with van der Waals surface area (Å²) in [5.74, 6) is -0.343. The van der Waals surface area contributed by atoms with Gasteiger partial charge < -0.3 is 11.1 Å². The predicted octanol–water partition coefficient (Wildman–Crippen LogP) is 3.52. The average Bonchev–Trinajstić information content (AvgIpc) is 2.54. The summed E-state index contributed by atoms with van der Waals surface area (Å²) >= 11 is 0. The molecule has 1 amide bonds. The van der Waals surface area contributed by atoms with E-state index in [9.17, 15) is 4.79 Å². The molecule has 0 spiro atoms. The lowest BCUT2D eigenvalue weighted by atomic mass is 9.94. The molecule has 3 N–H and O–H groups in total. The maximum absolute atomic E-state index is 12.4. The highest BCUT2D eigenvalue weighted by atomic mass is 16.1. The van der Waals surface area contributed by atoms with E-state index in [1.165, 1.54) is 0 Å². The molecular formula is C18H22N2O. The summed E-state index contributed by atoms with van der Waals surface area (Å²) in [6, 6.07) is 17.3. The number of amides is 1. The van der Waals surface area contributed by atoms with Crippen LogP contribution >= 0.6 is 0 Å². The van der Waals surface area contributed by atoms with Gasteiger partial charge in [0.1, 0.15) is 0 Å². The quantitative estimate of drug-likeness (QED) is 0.881.